The molecule has 0 spiro atoms. The molecule has 0 radical (unpaired) electrons. The zero-order chi connectivity index (χ0) is 10.0. The highest BCUT2D eigenvalue weighted by molar-refractivity contribution is 5.59. The predicted octanol–water partition coefficient (Wildman–Crippen LogP) is 1.61. The summed E-state index contributed by atoms with van der Waals surface area (Å²) in [5.74, 6) is 0.695. The van der Waals surface area contributed by atoms with Crippen LogP contribution in [0.1, 0.15) is 24.1 Å². The van der Waals surface area contributed by atoms with Crippen molar-refractivity contribution in [1.29, 1.82) is 0 Å². The molecule has 3 nitrogen and oxygen atoms in total. The van der Waals surface area contributed by atoms with E-state index in [4.69, 9.17) is 16.2 Å². The van der Waals surface area contributed by atoms with Crippen LogP contribution in [0.4, 0.5) is 5.69 Å². The van der Waals surface area contributed by atoms with Gasteiger partial charge >= 0.3 is 0 Å². The van der Waals surface area contributed by atoms with Crippen LogP contribution in [0.3, 0.4) is 0 Å². The van der Waals surface area contributed by atoms with Crippen LogP contribution < -0.4 is 16.2 Å². The van der Waals surface area contributed by atoms with Gasteiger partial charge in [0.15, 0.2) is 0 Å². The number of benzene rings is 1. The number of aryl methyl sites for hydroxylation is 1. The Bertz CT molecular complexity index is 308. The van der Waals surface area contributed by atoms with Crippen molar-refractivity contribution in [3.63, 3.8) is 0 Å². The normalized spacial score (nSPS) is 12.6. The van der Waals surface area contributed by atoms with Crippen LogP contribution in [0.15, 0.2) is 12.1 Å². The van der Waals surface area contributed by atoms with Crippen LogP contribution in [0.2, 0.25) is 0 Å². The molecule has 0 aliphatic rings. The van der Waals surface area contributed by atoms with Gasteiger partial charge in [-0.1, -0.05) is 6.07 Å². The Hall–Kier alpha value is -1.22. The molecule has 4 N–H and O–H groups in total. The second-order valence-electron chi connectivity index (χ2n) is 3.27. The van der Waals surface area contributed by atoms with E-state index < -0.39 is 0 Å². The van der Waals surface area contributed by atoms with Crippen LogP contribution in [0.25, 0.3) is 0 Å². The van der Waals surface area contributed by atoms with Gasteiger partial charge in [0.25, 0.3) is 0 Å². The van der Waals surface area contributed by atoms with Crippen molar-refractivity contribution >= 4 is 5.69 Å². The molecule has 0 fully saturated rings. The average Bonchev–Trinajstić information content (AvgIpc) is 2.02. The molecule has 0 aromatic heterocycles. The highest BCUT2D eigenvalue weighted by Gasteiger charge is 2.10. The highest BCUT2D eigenvalue weighted by Crippen LogP contribution is 2.31. The first-order valence-corrected chi connectivity index (χ1v) is 4.26. The van der Waals surface area contributed by atoms with Crippen LogP contribution in [0.5, 0.6) is 5.75 Å². The summed E-state index contributed by atoms with van der Waals surface area (Å²) >= 11 is 0. The van der Waals surface area contributed by atoms with Gasteiger partial charge < -0.3 is 16.2 Å². The molecule has 13 heavy (non-hydrogen) atoms. The summed E-state index contributed by atoms with van der Waals surface area (Å²) in [5, 5.41) is 0. The molecule has 1 atom stereocenters. The Labute approximate surface area is 78.7 Å². The number of hydrogen-bond donors (Lipinski definition) is 2. The lowest BCUT2D eigenvalue weighted by molar-refractivity contribution is 0.409. The summed E-state index contributed by atoms with van der Waals surface area (Å²) in [5.41, 5.74) is 14.3. The molecule has 0 aliphatic heterocycles. The van der Waals surface area contributed by atoms with Crippen molar-refractivity contribution in [2.45, 2.75) is 19.9 Å². The zero-order valence-electron chi connectivity index (χ0n) is 8.29. The molecular formula is C10H16N2O. The second-order valence-corrected chi connectivity index (χ2v) is 3.27. The number of rotatable bonds is 2. The number of ether oxygens (including phenoxy) is 1. The molecule has 0 saturated carbocycles. The van der Waals surface area contributed by atoms with Crippen molar-refractivity contribution < 1.29 is 4.74 Å². The smallest absolute Gasteiger partial charge is 0.146 e. The third kappa shape index (κ3) is 1.92. The Balaban J connectivity index is 3.29. The first kappa shape index (κ1) is 9.86. The van der Waals surface area contributed by atoms with Crippen molar-refractivity contribution in [3.8, 4) is 5.75 Å². The maximum absolute atomic E-state index is 5.79. The molecule has 0 amide bonds. The lowest BCUT2D eigenvalue weighted by Gasteiger charge is -2.14. The van der Waals surface area contributed by atoms with Crippen molar-refractivity contribution in [2.24, 2.45) is 5.73 Å². The lowest BCUT2D eigenvalue weighted by atomic mass is 10.0. The Kier molecular flexibility index (Phi) is 2.78. The van der Waals surface area contributed by atoms with Gasteiger partial charge in [0.1, 0.15) is 5.75 Å². The highest BCUT2D eigenvalue weighted by atomic mass is 16.5. The van der Waals surface area contributed by atoms with Gasteiger partial charge in [0.2, 0.25) is 0 Å². The molecule has 1 rings (SSSR count). The maximum Gasteiger partial charge on any atom is 0.146 e. The van der Waals surface area contributed by atoms with Gasteiger partial charge in [0.05, 0.1) is 12.8 Å². The standard InChI is InChI=1S/C10H16N2O/c1-6-4-8(7(2)11)10(13-3)9(12)5-6/h4-5,7H,11-12H2,1-3H3. The van der Waals surface area contributed by atoms with Crippen LogP contribution in [0, 0.1) is 6.92 Å². The average molecular weight is 180 g/mol. The molecule has 0 heterocycles. The van der Waals surface area contributed by atoms with E-state index in [1.807, 2.05) is 26.0 Å². The van der Waals surface area contributed by atoms with Crippen molar-refractivity contribution in [3.05, 3.63) is 23.3 Å². The first-order valence-electron chi connectivity index (χ1n) is 4.26. The lowest BCUT2D eigenvalue weighted by Crippen LogP contribution is -2.08. The van der Waals surface area contributed by atoms with Crippen LogP contribution >= 0.6 is 0 Å². The van der Waals surface area contributed by atoms with E-state index in [-0.39, 0.29) is 6.04 Å². The molecule has 3 heteroatoms. The molecule has 1 aromatic carbocycles. The molecule has 0 bridgehead atoms. The Morgan fingerprint density at radius 1 is 1.38 bits per heavy atom. The first-order chi connectivity index (χ1) is 6.06. The number of hydrogen-bond acceptors (Lipinski definition) is 3. The van der Waals surface area contributed by atoms with E-state index in [0.717, 1.165) is 11.1 Å². The topological polar surface area (TPSA) is 61.3 Å². The van der Waals surface area contributed by atoms with Crippen molar-refractivity contribution in [2.75, 3.05) is 12.8 Å². The fourth-order valence-corrected chi connectivity index (χ4v) is 1.40. The number of nitrogens with two attached hydrogens (primary N) is 2. The zero-order valence-corrected chi connectivity index (χ0v) is 8.29. The van der Waals surface area contributed by atoms with Gasteiger partial charge in [0, 0.05) is 11.6 Å². The fourth-order valence-electron chi connectivity index (χ4n) is 1.40. The summed E-state index contributed by atoms with van der Waals surface area (Å²) in [6.07, 6.45) is 0. The minimum absolute atomic E-state index is 0.0582. The molecule has 0 saturated heterocycles. The third-order valence-corrected chi connectivity index (χ3v) is 1.99. The summed E-state index contributed by atoms with van der Waals surface area (Å²) in [6, 6.07) is 3.82. The Morgan fingerprint density at radius 2 is 2.00 bits per heavy atom. The summed E-state index contributed by atoms with van der Waals surface area (Å²) in [7, 11) is 1.60. The van der Waals surface area contributed by atoms with Crippen LogP contribution in [-0.4, -0.2) is 7.11 Å². The van der Waals surface area contributed by atoms with Gasteiger partial charge in [-0.15, -0.1) is 0 Å². The second kappa shape index (κ2) is 3.66. The van der Waals surface area contributed by atoms with E-state index in [1.54, 1.807) is 7.11 Å². The van der Waals surface area contributed by atoms with Crippen LogP contribution in [-0.2, 0) is 0 Å². The Morgan fingerprint density at radius 3 is 2.46 bits per heavy atom. The number of methoxy groups -OCH3 is 1. The van der Waals surface area contributed by atoms with E-state index in [9.17, 15) is 0 Å². The van der Waals surface area contributed by atoms with E-state index in [0.29, 0.717) is 11.4 Å². The SMILES string of the molecule is COc1c(N)cc(C)cc1C(C)N. The minimum Gasteiger partial charge on any atom is -0.494 e. The van der Waals surface area contributed by atoms with Gasteiger partial charge in [-0.3, -0.25) is 0 Å². The quantitative estimate of drug-likeness (QED) is 0.680. The fraction of sp³-hybridized carbons (Fsp3) is 0.400. The minimum atomic E-state index is -0.0582. The largest absolute Gasteiger partial charge is 0.494 e. The number of anilines is 1. The van der Waals surface area contributed by atoms with E-state index in [2.05, 4.69) is 0 Å². The van der Waals surface area contributed by atoms with Gasteiger partial charge in [-0.25, -0.2) is 0 Å². The predicted molar refractivity (Wildman–Crippen MR) is 54.7 cm³/mol. The summed E-state index contributed by atoms with van der Waals surface area (Å²) in [4.78, 5) is 0. The molecule has 1 unspecified atom stereocenters. The van der Waals surface area contributed by atoms with E-state index in [1.165, 1.54) is 0 Å². The van der Waals surface area contributed by atoms with E-state index >= 15 is 0 Å². The maximum atomic E-state index is 5.79. The summed E-state index contributed by atoms with van der Waals surface area (Å²) in [6.45, 7) is 3.90. The van der Waals surface area contributed by atoms with Gasteiger partial charge in [-0.2, -0.15) is 0 Å². The summed E-state index contributed by atoms with van der Waals surface area (Å²) < 4.78 is 5.19. The monoisotopic (exact) mass is 180 g/mol. The molecular weight excluding hydrogens is 164 g/mol. The molecule has 72 valence electrons. The molecule has 1 aromatic rings. The van der Waals surface area contributed by atoms with Gasteiger partial charge in [-0.05, 0) is 25.5 Å². The number of nitrogen functional groups attached to an aromatic ring is 1. The van der Waals surface area contributed by atoms with Crippen molar-refractivity contribution in [1.82, 2.24) is 0 Å². The molecule has 0 aliphatic carbocycles. The third-order valence-electron chi connectivity index (χ3n) is 1.99.